The number of benzene rings is 2. The van der Waals surface area contributed by atoms with E-state index in [1.165, 1.54) is 12.1 Å². The highest BCUT2D eigenvalue weighted by Crippen LogP contribution is 2.27. The van der Waals surface area contributed by atoms with E-state index in [4.69, 9.17) is 0 Å². The van der Waals surface area contributed by atoms with Crippen molar-refractivity contribution in [3.8, 4) is 0 Å². The van der Waals surface area contributed by atoms with Crippen LogP contribution in [0.25, 0.3) is 0 Å². The predicted molar refractivity (Wildman–Crippen MR) is 107 cm³/mol. The summed E-state index contributed by atoms with van der Waals surface area (Å²) in [5.41, 5.74) is 2.96. The van der Waals surface area contributed by atoms with Crippen LogP contribution in [-0.2, 0) is 9.59 Å². The summed E-state index contributed by atoms with van der Waals surface area (Å²) in [6.45, 7) is 5.10. The van der Waals surface area contributed by atoms with E-state index in [1.54, 1.807) is 17.0 Å². The van der Waals surface area contributed by atoms with Crippen molar-refractivity contribution in [1.82, 2.24) is 4.90 Å². The SMILES string of the molecule is Cc1ccc(N2CC(C(=O)N3CCN(c4ccc(F)cc4)CC3)CC2=O)cc1. The summed E-state index contributed by atoms with van der Waals surface area (Å²) >= 11 is 0. The van der Waals surface area contributed by atoms with Gasteiger partial charge in [0.15, 0.2) is 0 Å². The van der Waals surface area contributed by atoms with Gasteiger partial charge in [-0.15, -0.1) is 0 Å². The van der Waals surface area contributed by atoms with E-state index in [0.29, 0.717) is 32.7 Å². The minimum absolute atomic E-state index is 0.00662. The van der Waals surface area contributed by atoms with Gasteiger partial charge in [0.05, 0.1) is 5.92 Å². The first-order chi connectivity index (χ1) is 13.5. The van der Waals surface area contributed by atoms with Gasteiger partial charge in [0.1, 0.15) is 5.82 Å². The first-order valence-corrected chi connectivity index (χ1v) is 9.67. The van der Waals surface area contributed by atoms with Crippen molar-refractivity contribution in [2.75, 3.05) is 42.5 Å². The van der Waals surface area contributed by atoms with Crippen molar-refractivity contribution < 1.29 is 14.0 Å². The van der Waals surface area contributed by atoms with Crippen molar-refractivity contribution in [2.24, 2.45) is 5.92 Å². The molecule has 2 saturated heterocycles. The number of aryl methyl sites for hydroxylation is 1. The van der Waals surface area contributed by atoms with Crippen LogP contribution in [0.15, 0.2) is 48.5 Å². The van der Waals surface area contributed by atoms with Crippen molar-refractivity contribution in [3.63, 3.8) is 0 Å². The van der Waals surface area contributed by atoms with E-state index in [-0.39, 0.29) is 30.0 Å². The predicted octanol–water partition coefficient (Wildman–Crippen LogP) is 2.84. The Morgan fingerprint density at radius 3 is 2.18 bits per heavy atom. The average molecular weight is 381 g/mol. The fourth-order valence-corrected chi connectivity index (χ4v) is 3.94. The Kier molecular flexibility index (Phi) is 5.03. The largest absolute Gasteiger partial charge is 0.368 e. The minimum Gasteiger partial charge on any atom is -0.368 e. The molecule has 0 spiro atoms. The second kappa shape index (κ2) is 7.62. The van der Waals surface area contributed by atoms with Crippen LogP contribution in [0, 0.1) is 18.7 Å². The lowest BCUT2D eigenvalue weighted by Crippen LogP contribution is -2.50. The molecular weight excluding hydrogens is 357 g/mol. The van der Waals surface area contributed by atoms with Gasteiger partial charge in [-0.05, 0) is 43.3 Å². The molecule has 2 aromatic rings. The van der Waals surface area contributed by atoms with Gasteiger partial charge in [0.25, 0.3) is 0 Å². The minimum atomic E-state index is -0.286. The maximum absolute atomic E-state index is 13.1. The molecule has 0 aliphatic carbocycles. The van der Waals surface area contributed by atoms with Gasteiger partial charge in [0, 0.05) is 50.5 Å². The molecule has 2 aliphatic heterocycles. The maximum Gasteiger partial charge on any atom is 0.228 e. The number of amides is 2. The normalized spacial score (nSPS) is 20.0. The highest BCUT2D eigenvalue weighted by molar-refractivity contribution is 6.00. The van der Waals surface area contributed by atoms with Crippen LogP contribution >= 0.6 is 0 Å². The molecule has 0 saturated carbocycles. The lowest BCUT2D eigenvalue weighted by Gasteiger charge is -2.37. The summed E-state index contributed by atoms with van der Waals surface area (Å²) in [5, 5.41) is 0. The number of nitrogens with zero attached hydrogens (tertiary/aromatic N) is 3. The Morgan fingerprint density at radius 2 is 1.54 bits per heavy atom. The van der Waals surface area contributed by atoms with Gasteiger partial charge in [-0.3, -0.25) is 9.59 Å². The van der Waals surface area contributed by atoms with Gasteiger partial charge < -0.3 is 14.7 Å². The highest BCUT2D eigenvalue weighted by atomic mass is 19.1. The zero-order valence-electron chi connectivity index (χ0n) is 16.0. The molecule has 2 aromatic carbocycles. The summed E-state index contributed by atoms with van der Waals surface area (Å²) in [4.78, 5) is 31.1. The molecule has 2 aliphatic rings. The Morgan fingerprint density at radius 1 is 0.929 bits per heavy atom. The van der Waals surface area contributed by atoms with E-state index in [2.05, 4.69) is 4.90 Å². The molecule has 0 N–H and O–H groups in total. The zero-order chi connectivity index (χ0) is 19.7. The van der Waals surface area contributed by atoms with Crippen molar-refractivity contribution in [3.05, 3.63) is 59.9 Å². The molecule has 28 heavy (non-hydrogen) atoms. The molecule has 2 heterocycles. The molecule has 0 aromatic heterocycles. The second-order valence-corrected chi connectivity index (χ2v) is 7.53. The van der Waals surface area contributed by atoms with Gasteiger partial charge >= 0.3 is 0 Å². The number of rotatable bonds is 3. The Labute approximate surface area is 164 Å². The van der Waals surface area contributed by atoms with Crippen LogP contribution in [0.3, 0.4) is 0 Å². The molecule has 1 unspecified atom stereocenters. The summed E-state index contributed by atoms with van der Waals surface area (Å²) in [7, 11) is 0. The first-order valence-electron chi connectivity index (χ1n) is 9.67. The average Bonchev–Trinajstić information content (AvgIpc) is 3.10. The van der Waals surface area contributed by atoms with E-state index in [9.17, 15) is 14.0 Å². The molecule has 5 nitrogen and oxygen atoms in total. The standard InChI is InChI=1S/C22H24FN3O2/c1-16-2-6-20(7-3-16)26-15-17(14-21(26)27)22(28)25-12-10-24(11-13-25)19-8-4-18(23)5-9-19/h2-9,17H,10-15H2,1H3. The number of halogens is 1. The molecule has 1 atom stereocenters. The van der Waals surface area contributed by atoms with E-state index >= 15 is 0 Å². The number of carbonyl (C=O) groups is 2. The fourth-order valence-electron chi connectivity index (χ4n) is 3.94. The summed E-state index contributed by atoms with van der Waals surface area (Å²) < 4.78 is 13.1. The molecule has 0 bridgehead atoms. The summed E-state index contributed by atoms with van der Waals surface area (Å²) in [6, 6.07) is 14.3. The van der Waals surface area contributed by atoms with E-state index < -0.39 is 0 Å². The quantitative estimate of drug-likeness (QED) is 0.821. The molecule has 4 rings (SSSR count). The Bertz CT molecular complexity index is 858. The fraction of sp³-hybridized carbons (Fsp3) is 0.364. The van der Waals surface area contributed by atoms with Crippen molar-refractivity contribution >= 4 is 23.2 Å². The van der Waals surface area contributed by atoms with Crippen molar-refractivity contribution in [2.45, 2.75) is 13.3 Å². The molecule has 2 fully saturated rings. The third kappa shape index (κ3) is 3.72. The third-order valence-corrected chi connectivity index (χ3v) is 5.60. The van der Waals surface area contributed by atoms with Crippen molar-refractivity contribution in [1.29, 1.82) is 0 Å². The second-order valence-electron chi connectivity index (χ2n) is 7.53. The maximum atomic E-state index is 13.1. The van der Waals surface area contributed by atoms with E-state index in [0.717, 1.165) is 16.9 Å². The Hall–Kier alpha value is -2.89. The number of carbonyl (C=O) groups excluding carboxylic acids is 2. The van der Waals surface area contributed by atoms with Gasteiger partial charge in [-0.25, -0.2) is 4.39 Å². The van der Waals surface area contributed by atoms with Crippen LogP contribution < -0.4 is 9.80 Å². The third-order valence-electron chi connectivity index (χ3n) is 5.60. The molecule has 6 heteroatoms. The van der Waals surface area contributed by atoms with Crippen LogP contribution in [-0.4, -0.2) is 49.4 Å². The van der Waals surface area contributed by atoms with Gasteiger partial charge in [-0.2, -0.15) is 0 Å². The number of hydrogen-bond acceptors (Lipinski definition) is 3. The molecule has 146 valence electrons. The molecule has 2 amide bonds. The number of hydrogen-bond donors (Lipinski definition) is 0. The van der Waals surface area contributed by atoms with E-state index in [1.807, 2.05) is 36.1 Å². The van der Waals surface area contributed by atoms with Crippen LogP contribution in [0.4, 0.5) is 15.8 Å². The van der Waals surface area contributed by atoms with Crippen LogP contribution in [0.2, 0.25) is 0 Å². The lowest BCUT2D eigenvalue weighted by molar-refractivity contribution is -0.136. The molecular formula is C22H24FN3O2. The summed E-state index contributed by atoms with van der Waals surface area (Å²) in [6.07, 6.45) is 0.269. The van der Waals surface area contributed by atoms with Gasteiger partial charge in [0.2, 0.25) is 11.8 Å². The molecule has 0 radical (unpaired) electrons. The highest BCUT2D eigenvalue weighted by Gasteiger charge is 2.37. The number of anilines is 2. The van der Waals surface area contributed by atoms with Gasteiger partial charge in [-0.1, -0.05) is 17.7 Å². The van der Waals surface area contributed by atoms with Crippen LogP contribution in [0.5, 0.6) is 0 Å². The Balaban J connectivity index is 1.36. The lowest BCUT2D eigenvalue weighted by atomic mass is 10.1. The zero-order valence-corrected chi connectivity index (χ0v) is 16.0. The smallest absolute Gasteiger partial charge is 0.228 e. The monoisotopic (exact) mass is 381 g/mol. The topological polar surface area (TPSA) is 43.9 Å². The first kappa shape index (κ1) is 18.5. The summed E-state index contributed by atoms with van der Waals surface area (Å²) in [5.74, 6) is -0.471. The number of piperazine rings is 1. The van der Waals surface area contributed by atoms with Crippen LogP contribution in [0.1, 0.15) is 12.0 Å².